The Kier molecular flexibility index (Phi) is 3.22. The van der Waals surface area contributed by atoms with Crippen molar-refractivity contribution in [3.8, 4) is 0 Å². The van der Waals surface area contributed by atoms with Gasteiger partial charge in [-0.1, -0.05) is 30.1 Å². The molecular weight excluding hydrogens is 269 g/mol. The molecule has 0 N–H and O–H groups in total. The average Bonchev–Trinajstić information content (AvgIpc) is 2.68. The molecule has 96 valence electrons. The summed E-state index contributed by atoms with van der Waals surface area (Å²) < 4.78 is 2.04. The fraction of sp³-hybridized carbons (Fsp3) is 0.462. The van der Waals surface area contributed by atoms with Crippen molar-refractivity contribution in [2.24, 2.45) is 0 Å². The van der Waals surface area contributed by atoms with Crippen LogP contribution in [0.2, 0.25) is 10.0 Å². The van der Waals surface area contributed by atoms with Crippen LogP contribution in [0.3, 0.4) is 0 Å². The van der Waals surface area contributed by atoms with Crippen LogP contribution in [0.1, 0.15) is 24.7 Å². The maximum Gasteiger partial charge on any atom is 0.156 e. The molecule has 18 heavy (non-hydrogen) atoms. The molecule has 0 fully saturated rings. The summed E-state index contributed by atoms with van der Waals surface area (Å²) in [5.41, 5.74) is 3.21. The second-order valence-electron chi connectivity index (χ2n) is 4.73. The van der Waals surface area contributed by atoms with Crippen LogP contribution < -0.4 is 0 Å². The van der Waals surface area contributed by atoms with Gasteiger partial charge in [-0.15, -0.1) is 0 Å². The fourth-order valence-corrected chi connectivity index (χ4v) is 3.11. The normalized spacial score (nSPS) is 16.2. The summed E-state index contributed by atoms with van der Waals surface area (Å²) in [6, 6.07) is 1.75. The molecule has 2 aromatic heterocycles. The second kappa shape index (κ2) is 4.72. The number of nitrogens with zero attached hydrogens (tertiary/aromatic N) is 3. The predicted molar refractivity (Wildman–Crippen MR) is 74.5 cm³/mol. The Morgan fingerprint density at radius 2 is 2.22 bits per heavy atom. The molecule has 0 aromatic carbocycles. The Labute approximate surface area is 116 Å². The van der Waals surface area contributed by atoms with Crippen LogP contribution in [0.25, 0.3) is 5.65 Å². The van der Waals surface area contributed by atoms with Crippen molar-refractivity contribution in [2.45, 2.75) is 26.3 Å². The largest absolute Gasteiger partial charge is 0.300 e. The lowest BCUT2D eigenvalue weighted by atomic mass is 10.1. The molecule has 1 aliphatic rings. The van der Waals surface area contributed by atoms with Crippen LogP contribution in [0.5, 0.6) is 0 Å². The van der Waals surface area contributed by atoms with Crippen LogP contribution in [0, 0.1) is 0 Å². The van der Waals surface area contributed by atoms with E-state index in [1.54, 1.807) is 6.07 Å². The van der Waals surface area contributed by atoms with Gasteiger partial charge in [0.05, 0.1) is 21.4 Å². The molecule has 2 aromatic rings. The molecule has 0 unspecified atom stereocenters. The first-order valence-corrected chi connectivity index (χ1v) is 7.02. The summed E-state index contributed by atoms with van der Waals surface area (Å²) >= 11 is 12.3. The van der Waals surface area contributed by atoms with Crippen LogP contribution in [-0.2, 0) is 13.0 Å². The highest BCUT2D eigenvalue weighted by atomic mass is 35.5. The van der Waals surface area contributed by atoms with Gasteiger partial charge in [-0.05, 0) is 19.0 Å². The van der Waals surface area contributed by atoms with Gasteiger partial charge < -0.3 is 0 Å². The summed E-state index contributed by atoms with van der Waals surface area (Å²) in [6.45, 7) is 5.34. The Morgan fingerprint density at radius 3 is 3.00 bits per heavy atom. The van der Waals surface area contributed by atoms with Gasteiger partial charge in [-0.25, -0.2) is 4.98 Å². The third-order valence-corrected chi connectivity index (χ3v) is 3.89. The monoisotopic (exact) mass is 283 g/mol. The lowest BCUT2D eigenvalue weighted by molar-refractivity contribution is 0.249. The van der Waals surface area contributed by atoms with Crippen molar-refractivity contribution in [2.75, 3.05) is 13.1 Å². The highest BCUT2D eigenvalue weighted by Crippen LogP contribution is 2.27. The molecule has 0 spiro atoms. The smallest absolute Gasteiger partial charge is 0.156 e. The van der Waals surface area contributed by atoms with Crippen molar-refractivity contribution in [1.82, 2.24) is 14.3 Å². The van der Waals surface area contributed by atoms with Gasteiger partial charge in [-0.3, -0.25) is 9.30 Å². The quantitative estimate of drug-likeness (QED) is 0.842. The van der Waals surface area contributed by atoms with E-state index in [1.807, 2.05) is 10.6 Å². The van der Waals surface area contributed by atoms with Gasteiger partial charge in [0, 0.05) is 25.7 Å². The number of hydrogen-bond acceptors (Lipinski definition) is 2. The highest BCUT2D eigenvalue weighted by Gasteiger charge is 2.21. The minimum absolute atomic E-state index is 0.624. The molecule has 0 radical (unpaired) electrons. The SMILES string of the molecule is CCCN1CCc2nc3c(Cl)cc(Cl)cn3c2C1. The maximum atomic E-state index is 6.20. The third-order valence-electron chi connectivity index (χ3n) is 3.40. The average molecular weight is 284 g/mol. The van der Waals surface area contributed by atoms with E-state index in [0.29, 0.717) is 10.0 Å². The standard InChI is InChI=1S/C13H15Cl2N3/c1-2-4-17-5-3-11-12(8-17)18-7-9(14)6-10(15)13(18)16-11/h6-7H,2-5,8H2,1H3. The number of fused-ring (bicyclic) bond motifs is 3. The fourth-order valence-electron chi connectivity index (χ4n) is 2.60. The van der Waals surface area contributed by atoms with Gasteiger partial charge in [0.2, 0.25) is 0 Å². The van der Waals surface area contributed by atoms with Gasteiger partial charge in [0.15, 0.2) is 5.65 Å². The van der Waals surface area contributed by atoms with E-state index < -0.39 is 0 Å². The summed E-state index contributed by atoms with van der Waals surface area (Å²) in [7, 11) is 0. The lowest BCUT2D eigenvalue weighted by Crippen LogP contribution is -2.31. The van der Waals surface area contributed by atoms with Gasteiger partial charge in [0.25, 0.3) is 0 Å². The van der Waals surface area contributed by atoms with Crippen molar-refractivity contribution < 1.29 is 0 Å². The Balaban J connectivity index is 2.09. The Bertz CT molecular complexity index is 591. The molecule has 0 saturated carbocycles. The van der Waals surface area contributed by atoms with Crippen LogP contribution in [-0.4, -0.2) is 27.4 Å². The minimum Gasteiger partial charge on any atom is -0.300 e. The molecular formula is C13H15Cl2N3. The van der Waals surface area contributed by atoms with Gasteiger partial charge >= 0.3 is 0 Å². The molecule has 3 rings (SSSR count). The minimum atomic E-state index is 0.624. The zero-order valence-electron chi connectivity index (χ0n) is 10.3. The van der Waals surface area contributed by atoms with Crippen molar-refractivity contribution in [1.29, 1.82) is 0 Å². The van der Waals surface area contributed by atoms with E-state index in [0.717, 1.165) is 37.4 Å². The molecule has 3 heterocycles. The van der Waals surface area contributed by atoms with Crippen molar-refractivity contribution >= 4 is 28.8 Å². The van der Waals surface area contributed by atoms with E-state index >= 15 is 0 Å². The number of imidazole rings is 1. The molecule has 5 heteroatoms. The van der Waals surface area contributed by atoms with Gasteiger partial charge in [-0.2, -0.15) is 0 Å². The molecule has 0 aliphatic carbocycles. The van der Waals surface area contributed by atoms with Crippen LogP contribution in [0.15, 0.2) is 12.3 Å². The number of hydrogen-bond donors (Lipinski definition) is 0. The predicted octanol–water partition coefficient (Wildman–Crippen LogP) is 3.41. The van der Waals surface area contributed by atoms with E-state index in [9.17, 15) is 0 Å². The zero-order valence-corrected chi connectivity index (χ0v) is 11.8. The number of aromatic nitrogens is 2. The first-order chi connectivity index (χ1) is 8.69. The van der Waals surface area contributed by atoms with Crippen molar-refractivity contribution in [3.63, 3.8) is 0 Å². The van der Waals surface area contributed by atoms with E-state index in [4.69, 9.17) is 23.2 Å². The summed E-state index contributed by atoms with van der Waals surface area (Å²) in [6.07, 6.45) is 4.07. The zero-order chi connectivity index (χ0) is 12.7. The van der Waals surface area contributed by atoms with Gasteiger partial charge in [0.1, 0.15) is 0 Å². The summed E-state index contributed by atoms with van der Waals surface area (Å²) in [4.78, 5) is 7.08. The summed E-state index contributed by atoms with van der Waals surface area (Å²) in [5.74, 6) is 0. The third kappa shape index (κ3) is 2.00. The molecule has 0 bridgehead atoms. The first-order valence-electron chi connectivity index (χ1n) is 6.26. The first kappa shape index (κ1) is 12.3. The molecule has 0 amide bonds. The highest BCUT2D eigenvalue weighted by molar-refractivity contribution is 6.36. The number of rotatable bonds is 2. The molecule has 3 nitrogen and oxygen atoms in total. The Hall–Kier alpha value is -0.770. The van der Waals surface area contributed by atoms with Crippen molar-refractivity contribution in [3.05, 3.63) is 33.7 Å². The van der Waals surface area contributed by atoms with E-state index in [2.05, 4.69) is 16.8 Å². The topological polar surface area (TPSA) is 20.5 Å². The second-order valence-corrected chi connectivity index (χ2v) is 5.57. The number of pyridine rings is 1. The number of halogens is 2. The molecule has 1 aliphatic heterocycles. The lowest BCUT2D eigenvalue weighted by Gasteiger charge is -2.25. The summed E-state index contributed by atoms with van der Waals surface area (Å²) in [5, 5.41) is 1.28. The Morgan fingerprint density at radius 1 is 1.39 bits per heavy atom. The molecule has 0 saturated heterocycles. The van der Waals surface area contributed by atoms with Crippen LogP contribution >= 0.6 is 23.2 Å². The van der Waals surface area contributed by atoms with E-state index in [-0.39, 0.29) is 0 Å². The van der Waals surface area contributed by atoms with E-state index in [1.165, 1.54) is 12.1 Å². The van der Waals surface area contributed by atoms with Crippen LogP contribution in [0.4, 0.5) is 0 Å². The maximum absolute atomic E-state index is 6.20. The molecule has 0 atom stereocenters.